The van der Waals surface area contributed by atoms with Crippen LogP contribution in [0.5, 0.6) is 0 Å². The van der Waals surface area contributed by atoms with Gasteiger partial charge in [0.1, 0.15) is 5.01 Å². The van der Waals surface area contributed by atoms with Gasteiger partial charge in [-0.3, -0.25) is 4.90 Å². The van der Waals surface area contributed by atoms with Gasteiger partial charge in [-0.2, -0.15) is 11.3 Å². The van der Waals surface area contributed by atoms with E-state index in [2.05, 4.69) is 32.1 Å². The first-order valence-electron chi connectivity index (χ1n) is 5.76. The lowest BCUT2D eigenvalue weighted by Gasteiger charge is -2.12. The van der Waals surface area contributed by atoms with Crippen molar-refractivity contribution in [2.75, 3.05) is 13.1 Å². The summed E-state index contributed by atoms with van der Waals surface area (Å²) in [5.74, 6) is 0. The number of hydrogen-bond donors (Lipinski definition) is 1. The second-order valence-corrected chi connectivity index (χ2v) is 6.08. The lowest BCUT2D eigenvalue weighted by molar-refractivity contribution is 0.323. The average molecular weight is 265 g/mol. The SMILES string of the molecule is NC1CCN(Cc2csc(-c3ccsc3)n2)C1. The molecule has 1 aliphatic rings. The zero-order chi connectivity index (χ0) is 11.7. The van der Waals surface area contributed by atoms with E-state index in [1.54, 1.807) is 22.7 Å². The lowest BCUT2D eigenvalue weighted by atomic mass is 10.3. The fourth-order valence-electron chi connectivity index (χ4n) is 2.13. The fourth-order valence-corrected chi connectivity index (χ4v) is 3.66. The largest absolute Gasteiger partial charge is 0.326 e. The Bertz CT molecular complexity index is 478. The predicted octanol–water partition coefficient (Wildman–Crippen LogP) is 2.40. The quantitative estimate of drug-likeness (QED) is 0.926. The first-order chi connectivity index (χ1) is 8.31. The van der Waals surface area contributed by atoms with Gasteiger partial charge in [-0.15, -0.1) is 11.3 Å². The van der Waals surface area contributed by atoms with E-state index in [0.29, 0.717) is 6.04 Å². The standard InChI is InChI=1S/C12H15N3S2/c13-10-1-3-15(5-10)6-11-8-17-12(14-11)9-2-4-16-7-9/h2,4,7-8,10H,1,3,5-6,13H2. The summed E-state index contributed by atoms with van der Waals surface area (Å²) in [6.45, 7) is 3.05. The molecule has 2 N–H and O–H groups in total. The van der Waals surface area contributed by atoms with Gasteiger partial charge in [-0.05, 0) is 17.9 Å². The molecule has 1 aliphatic heterocycles. The van der Waals surface area contributed by atoms with Gasteiger partial charge < -0.3 is 5.73 Å². The molecule has 1 fully saturated rings. The van der Waals surface area contributed by atoms with Crippen molar-refractivity contribution < 1.29 is 0 Å². The van der Waals surface area contributed by atoms with E-state index in [0.717, 1.165) is 31.1 Å². The minimum Gasteiger partial charge on any atom is -0.326 e. The molecule has 3 rings (SSSR count). The van der Waals surface area contributed by atoms with Crippen molar-refractivity contribution in [1.82, 2.24) is 9.88 Å². The van der Waals surface area contributed by atoms with Gasteiger partial charge in [0, 0.05) is 42.0 Å². The maximum Gasteiger partial charge on any atom is 0.124 e. The van der Waals surface area contributed by atoms with Crippen molar-refractivity contribution >= 4 is 22.7 Å². The molecule has 5 heteroatoms. The molecular formula is C12H15N3S2. The molecule has 90 valence electrons. The number of thiazole rings is 1. The highest BCUT2D eigenvalue weighted by Crippen LogP contribution is 2.26. The minimum atomic E-state index is 0.352. The Hall–Kier alpha value is -0.750. The Kier molecular flexibility index (Phi) is 3.24. The molecule has 0 radical (unpaired) electrons. The van der Waals surface area contributed by atoms with Crippen molar-refractivity contribution in [2.45, 2.75) is 19.0 Å². The molecule has 0 bridgehead atoms. The zero-order valence-electron chi connectivity index (χ0n) is 9.50. The van der Waals surface area contributed by atoms with E-state index in [1.807, 2.05) is 0 Å². The Morgan fingerprint density at radius 3 is 3.12 bits per heavy atom. The third-order valence-corrected chi connectivity index (χ3v) is 4.64. The second kappa shape index (κ2) is 4.86. The third kappa shape index (κ3) is 2.57. The molecule has 0 amide bonds. The molecule has 3 heterocycles. The molecule has 2 aromatic heterocycles. The Labute approximate surface area is 109 Å². The highest BCUT2D eigenvalue weighted by atomic mass is 32.1. The predicted molar refractivity (Wildman–Crippen MR) is 73.3 cm³/mol. The van der Waals surface area contributed by atoms with Crippen LogP contribution in [0, 0.1) is 0 Å². The first kappa shape index (κ1) is 11.3. The first-order valence-corrected chi connectivity index (χ1v) is 7.58. The highest BCUT2D eigenvalue weighted by Gasteiger charge is 2.19. The Morgan fingerprint density at radius 1 is 1.47 bits per heavy atom. The number of nitrogens with zero attached hydrogens (tertiary/aromatic N) is 2. The summed E-state index contributed by atoms with van der Waals surface area (Å²) in [6, 6.07) is 2.48. The molecule has 2 aromatic rings. The van der Waals surface area contributed by atoms with E-state index in [1.165, 1.54) is 11.3 Å². The zero-order valence-corrected chi connectivity index (χ0v) is 11.1. The molecule has 1 unspecified atom stereocenters. The summed E-state index contributed by atoms with van der Waals surface area (Å²) in [7, 11) is 0. The minimum absolute atomic E-state index is 0.352. The van der Waals surface area contributed by atoms with Crippen LogP contribution in [0.3, 0.4) is 0 Å². The third-order valence-electron chi connectivity index (χ3n) is 3.01. The average Bonchev–Trinajstić information content (AvgIpc) is 3.00. The molecule has 0 aromatic carbocycles. The van der Waals surface area contributed by atoms with Crippen molar-refractivity contribution in [3.63, 3.8) is 0 Å². The summed E-state index contributed by atoms with van der Waals surface area (Å²) in [6.07, 6.45) is 1.11. The molecule has 1 saturated heterocycles. The van der Waals surface area contributed by atoms with E-state index >= 15 is 0 Å². The van der Waals surface area contributed by atoms with Gasteiger partial charge in [0.15, 0.2) is 0 Å². The van der Waals surface area contributed by atoms with Gasteiger partial charge in [0.05, 0.1) is 5.69 Å². The summed E-state index contributed by atoms with van der Waals surface area (Å²) in [4.78, 5) is 7.07. The van der Waals surface area contributed by atoms with Crippen LogP contribution in [0.15, 0.2) is 22.2 Å². The van der Waals surface area contributed by atoms with Crippen LogP contribution in [0.2, 0.25) is 0 Å². The van der Waals surface area contributed by atoms with Gasteiger partial charge in [0.25, 0.3) is 0 Å². The topological polar surface area (TPSA) is 42.1 Å². The van der Waals surface area contributed by atoms with Crippen LogP contribution in [0.4, 0.5) is 0 Å². The normalized spacial score (nSPS) is 21.1. The summed E-state index contributed by atoms with van der Waals surface area (Å²) < 4.78 is 0. The van der Waals surface area contributed by atoms with E-state index in [4.69, 9.17) is 5.73 Å². The van der Waals surface area contributed by atoms with Crippen LogP contribution >= 0.6 is 22.7 Å². The van der Waals surface area contributed by atoms with Gasteiger partial charge in [0.2, 0.25) is 0 Å². The van der Waals surface area contributed by atoms with Crippen molar-refractivity contribution in [3.8, 4) is 10.6 Å². The van der Waals surface area contributed by atoms with Gasteiger partial charge in [-0.25, -0.2) is 4.98 Å². The maximum absolute atomic E-state index is 5.90. The molecule has 0 spiro atoms. The Balaban J connectivity index is 1.69. The van der Waals surface area contributed by atoms with Crippen molar-refractivity contribution in [1.29, 1.82) is 0 Å². The van der Waals surface area contributed by atoms with Crippen molar-refractivity contribution in [3.05, 3.63) is 27.9 Å². The van der Waals surface area contributed by atoms with Crippen LogP contribution in [0.25, 0.3) is 10.6 Å². The monoisotopic (exact) mass is 265 g/mol. The molecule has 3 nitrogen and oxygen atoms in total. The fraction of sp³-hybridized carbons (Fsp3) is 0.417. The molecule has 0 aliphatic carbocycles. The van der Waals surface area contributed by atoms with E-state index in [-0.39, 0.29) is 0 Å². The molecule has 17 heavy (non-hydrogen) atoms. The number of rotatable bonds is 3. The van der Waals surface area contributed by atoms with Crippen LogP contribution < -0.4 is 5.73 Å². The van der Waals surface area contributed by atoms with Gasteiger partial charge >= 0.3 is 0 Å². The molecule has 1 atom stereocenters. The number of hydrogen-bond acceptors (Lipinski definition) is 5. The molecular weight excluding hydrogens is 250 g/mol. The summed E-state index contributed by atoms with van der Waals surface area (Å²) in [5.41, 5.74) is 8.31. The van der Waals surface area contributed by atoms with Crippen LogP contribution in [-0.4, -0.2) is 29.0 Å². The second-order valence-electron chi connectivity index (χ2n) is 4.44. The van der Waals surface area contributed by atoms with Crippen LogP contribution in [0.1, 0.15) is 12.1 Å². The maximum atomic E-state index is 5.90. The summed E-state index contributed by atoms with van der Waals surface area (Å²) >= 11 is 3.45. The van der Waals surface area contributed by atoms with E-state index < -0.39 is 0 Å². The highest BCUT2D eigenvalue weighted by molar-refractivity contribution is 7.14. The smallest absolute Gasteiger partial charge is 0.124 e. The number of aromatic nitrogens is 1. The molecule has 0 saturated carbocycles. The lowest BCUT2D eigenvalue weighted by Crippen LogP contribution is -2.26. The number of thiophene rings is 1. The van der Waals surface area contributed by atoms with E-state index in [9.17, 15) is 0 Å². The summed E-state index contributed by atoms with van der Waals surface area (Å²) in [5, 5.41) is 7.53. The van der Waals surface area contributed by atoms with Crippen LogP contribution in [-0.2, 0) is 6.54 Å². The number of likely N-dealkylation sites (tertiary alicyclic amines) is 1. The van der Waals surface area contributed by atoms with Crippen molar-refractivity contribution in [2.24, 2.45) is 5.73 Å². The number of nitrogens with two attached hydrogens (primary N) is 1. The van der Waals surface area contributed by atoms with Gasteiger partial charge in [-0.1, -0.05) is 0 Å². The Morgan fingerprint density at radius 2 is 2.41 bits per heavy atom.